The molecular weight excluding hydrogens is 192 g/mol. The van der Waals surface area contributed by atoms with Gasteiger partial charge >= 0.3 is 0 Å². The van der Waals surface area contributed by atoms with E-state index >= 15 is 0 Å². The Labute approximate surface area is 82.0 Å². The fourth-order valence-corrected chi connectivity index (χ4v) is 1.93. The zero-order chi connectivity index (χ0) is 9.14. The number of hydrogen-bond donors (Lipinski definition) is 1. The smallest absolute Gasteiger partial charge is 0.0960 e. The molecule has 1 rings (SSSR count). The van der Waals surface area contributed by atoms with Crippen molar-refractivity contribution < 1.29 is 5.11 Å². The average molecular weight is 205 g/mol. The normalized spacial score (nSPS) is 16.0. The first-order valence-corrected chi connectivity index (χ1v) is 5.27. The molecule has 0 saturated heterocycles. The van der Waals surface area contributed by atoms with Gasteiger partial charge in [0.15, 0.2) is 0 Å². The zero-order valence-electron chi connectivity index (χ0n) is 7.25. The van der Waals surface area contributed by atoms with Gasteiger partial charge in [-0.3, -0.25) is 0 Å². The Morgan fingerprint density at radius 3 is 2.67 bits per heavy atom. The summed E-state index contributed by atoms with van der Waals surface area (Å²) in [7, 11) is 0. The highest BCUT2D eigenvalue weighted by Crippen LogP contribution is 2.25. The van der Waals surface area contributed by atoms with E-state index in [1.54, 1.807) is 11.3 Å². The maximum Gasteiger partial charge on any atom is 0.0960 e. The van der Waals surface area contributed by atoms with Gasteiger partial charge in [-0.1, -0.05) is 18.5 Å². The van der Waals surface area contributed by atoms with Gasteiger partial charge in [-0.2, -0.15) is 0 Å². The highest BCUT2D eigenvalue weighted by molar-refractivity contribution is 7.14. The van der Waals surface area contributed by atoms with E-state index in [-0.39, 0.29) is 12.0 Å². The van der Waals surface area contributed by atoms with Gasteiger partial charge in [0.1, 0.15) is 0 Å². The molecule has 68 valence electrons. The molecule has 0 bridgehead atoms. The molecule has 1 heterocycles. The lowest BCUT2D eigenvalue weighted by atomic mass is 9.99. The van der Waals surface area contributed by atoms with Crippen LogP contribution in [0, 0.1) is 5.92 Å². The Hall–Kier alpha value is -0.0500. The average Bonchev–Trinajstić information content (AvgIpc) is 2.36. The molecule has 0 radical (unpaired) electrons. The molecule has 3 heteroatoms. The van der Waals surface area contributed by atoms with Crippen LogP contribution in [0.3, 0.4) is 0 Å². The van der Waals surface area contributed by atoms with Crippen molar-refractivity contribution >= 4 is 22.9 Å². The van der Waals surface area contributed by atoms with Crippen molar-refractivity contribution in [1.82, 2.24) is 0 Å². The van der Waals surface area contributed by atoms with Crippen LogP contribution in [-0.2, 0) is 6.42 Å². The van der Waals surface area contributed by atoms with Crippen molar-refractivity contribution in [2.45, 2.75) is 26.4 Å². The van der Waals surface area contributed by atoms with Crippen LogP contribution in [0.1, 0.15) is 19.4 Å². The molecule has 1 N–H and O–H groups in total. The van der Waals surface area contributed by atoms with E-state index in [2.05, 4.69) is 0 Å². The molecule has 0 amide bonds. The SMILES string of the molecule is CC(O)C(C)Cc1ccsc1Cl. The summed E-state index contributed by atoms with van der Waals surface area (Å²) in [6, 6.07) is 2.02. The van der Waals surface area contributed by atoms with E-state index in [0.717, 1.165) is 16.3 Å². The first kappa shape index (κ1) is 10.0. The van der Waals surface area contributed by atoms with Crippen LogP contribution in [0.5, 0.6) is 0 Å². The Morgan fingerprint density at radius 1 is 1.58 bits per heavy atom. The molecule has 1 aromatic rings. The second kappa shape index (κ2) is 4.26. The van der Waals surface area contributed by atoms with Crippen LogP contribution in [0.2, 0.25) is 4.34 Å². The van der Waals surface area contributed by atoms with E-state index in [9.17, 15) is 5.11 Å². The van der Waals surface area contributed by atoms with Crippen molar-refractivity contribution in [2.75, 3.05) is 0 Å². The Balaban J connectivity index is 2.58. The monoisotopic (exact) mass is 204 g/mol. The Kier molecular flexibility index (Phi) is 3.56. The van der Waals surface area contributed by atoms with Crippen LogP contribution >= 0.6 is 22.9 Å². The lowest BCUT2D eigenvalue weighted by Gasteiger charge is -2.13. The fourth-order valence-electron chi connectivity index (χ4n) is 0.983. The third-order valence-electron chi connectivity index (χ3n) is 2.06. The minimum absolute atomic E-state index is 0.263. The minimum Gasteiger partial charge on any atom is -0.393 e. The maximum absolute atomic E-state index is 9.27. The van der Waals surface area contributed by atoms with Crippen LogP contribution in [-0.4, -0.2) is 11.2 Å². The van der Waals surface area contributed by atoms with Crippen molar-refractivity contribution in [3.63, 3.8) is 0 Å². The molecule has 2 atom stereocenters. The van der Waals surface area contributed by atoms with Crippen LogP contribution in [0.15, 0.2) is 11.4 Å². The third-order valence-corrected chi connectivity index (χ3v) is 3.31. The van der Waals surface area contributed by atoms with Gasteiger partial charge < -0.3 is 5.11 Å². The van der Waals surface area contributed by atoms with E-state index in [1.807, 2.05) is 25.3 Å². The standard InChI is InChI=1S/C9H13ClOS/c1-6(7(2)11)5-8-3-4-12-9(8)10/h3-4,6-7,11H,5H2,1-2H3. The summed E-state index contributed by atoms with van der Waals surface area (Å²) in [5.74, 6) is 0.275. The molecular formula is C9H13ClOS. The minimum atomic E-state index is -0.263. The molecule has 0 fully saturated rings. The van der Waals surface area contributed by atoms with Gasteiger partial charge in [0, 0.05) is 0 Å². The first-order chi connectivity index (χ1) is 5.61. The molecule has 0 saturated carbocycles. The molecule has 0 aliphatic heterocycles. The molecule has 12 heavy (non-hydrogen) atoms. The Bertz CT molecular complexity index is 244. The first-order valence-electron chi connectivity index (χ1n) is 4.01. The second-order valence-corrected chi connectivity index (χ2v) is 4.66. The zero-order valence-corrected chi connectivity index (χ0v) is 8.82. The summed E-state index contributed by atoms with van der Waals surface area (Å²) >= 11 is 7.47. The summed E-state index contributed by atoms with van der Waals surface area (Å²) in [4.78, 5) is 0. The predicted octanol–water partition coefficient (Wildman–Crippen LogP) is 2.96. The van der Waals surface area contributed by atoms with Gasteiger partial charge in [-0.25, -0.2) is 0 Å². The van der Waals surface area contributed by atoms with Crippen molar-refractivity contribution in [3.05, 3.63) is 21.3 Å². The van der Waals surface area contributed by atoms with Gasteiger partial charge in [0.05, 0.1) is 10.4 Å². The van der Waals surface area contributed by atoms with E-state index in [4.69, 9.17) is 11.6 Å². The van der Waals surface area contributed by atoms with Crippen LogP contribution < -0.4 is 0 Å². The van der Waals surface area contributed by atoms with Crippen LogP contribution in [0.25, 0.3) is 0 Å². The third kappa shape index (κ3) is 2.47. The van der Waals surface area contributed by atoms with E-state index in [1.165, 1.54) is 0 Å². The van der Waals surface area contributed by atoms with E-state index < -0.39 is 0 Å². The lowest BCUT2D eigenvalue weighted by Crippen LogP contribution is -2.15. The number of thiophene rings is 1. The topological polar surface area (TPSA) is 20.2 Å². The summed E-state index contributed by atoms with van der Waals surface area (Å²) < 4.78 is 0.850. The lowest BCUT2D eigenvalue weighted by molar-refractivity contribution is 0.135. The molecule has 0 aliphatic rings. The van der Waals surface area contributed by atoms with Gasteiger partial charge in [0.2, 0.25) is 0 Å². The summed E-state index contributed by atoms with van der Waals surface area (Å²) in [6.07, 6.45) is 0.598. The fraction of sp³-hybridized carbons (Fsp3) is 0.556. The van der Waals surface area contributed by atoms with E-state index in [0.29, 0.717) is 0 Å². The highest BCUT2D eigenvalue weighted by Gasteiger charge is 2.11. The second-order valence-electron chi connectivity index (χ2n) is 3.14. The molecule has 1 aromatic heterocycles. The molecule has 0 spiro atoms. The predicted molar refractivity (Wildman–Crippen MR) is 53.9 cm³/mol. The molecule has 1 nitrogen and oxygen atoms in total. The number of aliphatic hydroxyl groups is 1. The largest absolute Gasteiger partial charge is 0.393 e. The van der Waals surface area contributed by atoms with Crippen LogP contribution in [0.4, 0.5) is 0 Å². The quantitative estimate of drug-likeness (QED) is 0.803. The summed E-state index contributed by atoms with van der Waals surface area (Å²) in [6.45, 7) is 3.84. The van der Waals surface area contributed by atoms with Crippen molar-refractivity contribution in [3.8, 4) is 0 Å². The summed E-state index contributed by atoms with van der Waals surface area (Å²) in [5.41, 5.74) is 1.15. The van der Waals surface area contributed by atoms with Gasteiger partial charge in [-0.05, 0) is 36.3 Å². The molecule has 2 unspecified atom stereocenters. The Morgan fingerprint density at radius 2 is 2.25 bits per heavy atom. The van der Waals surface area contributed by atoms with Gasteiger partial charge in [-0.15, -0.1) is 11.3 Å². The number of halogens is 1. The van der Waals surface area contributed by atoms with Gasteiger partial charge in [0.25, 0.3) is 0 Å². The van der Waals surface area contributed by atoms with Crippen molar-refractivity contribution in [2.24, 2.45) is 5.92 Å². The molecule has 0 aliphatic carbocycles. The number of hydrogen-bond acceptors (Lipinski definition) is 2. The maximum atomic E-state index is 9.27. The number of aliphatic hydroxyl groups excluding tert-OH is 1. The summed E-state index contributed by atoms with van der Waals surface area (Å²) in [5, 5.41) is 11.2. The number of rotatable bonds is 3. The highest BCUT2D eigenvalue weighted by atomic mass is 35.5. The molecule has 0 aromatic carbocycles. The van der Waals surface area contributed by atoms with Crippen molar-refractivity contribution in [1.29, 1.82) is 0 Å².